The Morgan fingerprint density at radius 2 is 2.23 bits per heavy atom. The first-order valence-electron chi connectivity index (χ1n) is 7.44. The van der Waals surface area contributed by atoms with Crippen molar-refractivity contribution in [3.63, 3.8) is 0 Å². The first-order chi connectivity index (χ1) is 10.7. The molecule has 2 fully saturated rings. The van der Waals surface area contributed by atoms with E-state index in [-0.39, 0.29) is 17.8 Å². The van der Waals surface area contributed by atoms with Crippen LogP contribution in [0.15, 0.2) is 30.5 Å². The smallest absolute Gasteiger partial charge is 0.263 e. The van der Waals surface area contributed by atoms with Crippen molar-refractivity contribution in [3.05, 3.63) is 41.2 Å². The van der Waals surface area contributed by atoms with E-state index < -0.39 is 0 Å². The number of aromatic nitrogens is 1. The first kappa shape index (κ1) is 13.8. The van der Waals surface area contributed by atoms with Crippen molar-refractivity contribution in [1.82, 2.24) is 15.2 Å². The molecule has 0 saturated carbocycles. The van der Waals surface area contributed by atoms with Crippen LogP contribution in [0.25, 0.3) is 10.6 Å². The highest BCUT2D eigenvalue weighted by molar-refractivity contribution is 7.16. The molecule has 1 aromatic heterocycles. The van der Waals surface area contributed by atoms with E-state index in [1.54, 1.807) is 18.2 Å². The number of fused-ring (bicyclic) bond motifs is 2. The molecule has 4 rings (SSSR count). The zero-order valence-electron chi connectivity index (χ0n) is 12.0. The Morgan fingerprint density at radius 1 is 1.36 bits per heavy atom. The summed E-state index contributed by atoms with van der Waals surface area (Å²) < 4.78 is 13.8. The quantitative estimate of drug-likeness (QED) is 0.945. The van der Waals surface area contributed by atoms with Crippen molar-refractivity contribution in [3.8, 4) is 10.6 Å². The second-order valence-electron chi connectivity index (χ2n) is 5.90. The molecule has 114 valence electrons. The monoisotopic (exact) mass is 317 g/mol. The van der Waals surface area contributed by atoms with Gasteiger partial charge in [-0.2, -0.15) is 0 Å². The van der Waals surface area contributed by atoms with Gasteiger partial charge in [-0.15, -0.1) is 11.3 Å². The van der Waals surface area contributed by atoms with Crippen molar-refractivity contribution in [1.29, 1.82) is 0 Å². The Morgan fingerprint density at radius 3 is 2.95 bits per heavy atom. The molecule has 1 amide bonds. The van der Waals surface area contributed by atoms with E-state index in [1.807, 2.05) is 0 Å². The summed E-state index contributed by atoms with van der Waals surface area (Å²) in [6.07, 6.45) is 2.70. The number of carbonyl (C=O) groups is 1. The number of hydrogen-bond acceptors (Lipinski definition) is 4. The van der Waals surface area contributed by atoms with E-state index in [0.29, 0.717) is 21.4 Å². The summed E-state index contributed by atoms with van der Waals surface area (Å²) in [5.74, 6) is 0.159. The third-order valence-corrected chi connectivity index (χ3v) is 5.51. The summed E-state index contributed by atoms with van der Waals surface area (Å²) in [7, 11) is 0. The number of benzene rings is 1. The average molecular weight is 317 g/mol. The van der Waals surface area contributed by atoms with Crippen LogP contribution in [0.1, 0.15) is 16.1 Å². The SMILES string of the molecule is O=C(NC1CN2CCC1C2)c1cnc(-c2ccccc2F)s1. The number of thiazole rings is 1. The van der Waals surface area contributed by atoms with Gasteiger partial charge in [-0.05, 0) is 31.0 Å². The van der Waals surface area contributed by atoms with E-state index in [1.165, 1.54) is 23.6 Å². The topological polar surface area (TPSA) is 45.2 Å². The molecular weight excluding hydrogens is 301 g/mol. The van der Waals surface area contributed by atoms with E-state index in [9.17, 15) is 9.18 Å². The normalized spacial score (nSPS) is 26.3. The number of piperidine rings is 1. The van der Waals surface area contributed by atoms with Gasteiger partial charge in [0.05, 0.1) is 6.20 Å². The fourth-order valence-corrected chi connectivity index (χ4v) is 4.17. The highest BCUT2D eigenvalue weighted by atomic mass is 32.1. The minimum Gasteiger partial charge on any atom is -0.347 e. The van der Waals surface area contributed by atoms with Gasteiger partial charge in [0, 0.05) is 24.7 Å². The maximum Gasteiger partial charge on any atom is 0.263 e. The number of halogens is 1. The van der Waals surface area contributed by atoms with Crippen LogP contribution in [-0.2, 0) is 0 Å². The highest BCUT2D eigenvalue weighted by Crippen LogP contribution is 2.30. The summed E-state index contributed by atoms with van der Waals surface area (Å²) in [6, 6.07) is 6.73. The minimum absolute atomic E-state index is 0.0983. The summed E-state index contributed by atoms with van der Waals surface area (Å²) in [5.41, 5.74) is 0.442. The summed E-state index contributed by atoms with van der Waals surface area (Å²) in [4.78, 5) is 19.5. The van der Waals surface area contributed by atoms with Crippen LogP contribution in [0.3, 0.4) is 0 Å². The molecule has 4 nitrogen and oxygen atoms in total. The largest absolute Gasteiger partial charge is 0.347 e. The van der Waals surface area contributed by atoms with E-state index >= 15 is 0 Å². The molecule has 6 heteroatoms. The predicted octanol–water partition coefficient (Wildman–Crippen LogP) is 2.38. The van der Waals surface area contributed by atoms with Gasteiger partial charge < -0.3 is 10.2 Å². The molecule has 0 radical (unpaired) electrons. The van der Waals surface area contributed by atoms with E-state index in [0.717, 1.165) is 26.1 Å². The molecule has 2 saturated heterocycles. The molecule has 3 heterocycles. The van der Waals surface area contributed by atoms with Crippen LogP contribution >= 0.6 is 11.3 Å². The van der Waals surface area contributed by atoms with Crippen molar-refractivity contribution in [2.45, 2.75) is 12.5 Å². The Balaban J connectivity index is 1.49. The molecule has 2 aliphatic heterocycles. The molecule has 0 spiro atoms. The zero-order chi connectivity index (χ0) is 15.1. The second-order valence-corrected chi connectivity index (χ2v) is 6.93. The van der Waals surface area contributed by atoms with Crippen molar-refractivity contribution in [2.75, 3.05) is 19.6 Å². The van der Waals surface area contributed by atoms with Gasteiger partial charge in [0.2, 0.25) is 0 Å². The molecule has 3 atom stereocenters. The summed E-state index contributed by atoms with van der Waals surface area (Å²) in [5, 5.41) is 3.64. The second kappa shape index (κ2) is 5.44. The van der Waals surface area contributed by atoms with Crippen molar-refractivity contribution in [2.24, 2.45) is 5.92 Å². The molecule has 2 aliphatic rings. The van der Waals surface area contributed by atoms with E-state index in [4.69, 9.17) is 0 Å². The Hall–Kier alpha value is -1.79. The maximum atomic E-state index is 13.8. The van der Waals surface area contributed by atoms with Crippen LogP contribution < -0.4 is 5.32 Å². The van der Waals surface area contributed by atoms with Gasteiger partial charge in [-0.3, -0.25) is 4.79 Å². The standard InChI is InChI=1S/C16H16FN3OS/c17-12-4-2-1-3-11(12)16-18-7-14(22-16)15(21)19-13-9-20-6-5-10(13)8-20/h1-4,7,10,13H,5-6,8-9H2,(H,19,21). The fraction of sp³-hybridized carbons (Fsp3) is 0.375. The lowest BCUT2D eigenvalue weighted by Crippen LogP contribution is -2.42. The van der Waals surface area contributed by atoms with Gasteiger partial charge in [-0.1, -0.05) is 12.1 Å². The van der Waals surface area contributed by atoms with Gasteiger partial charge in [0.1, 0.15) is 15.7 Å². The van der Waals surface area contributed by atoms with Crippen LogP contribution in [0.2, 0.25) is 0 Å². The Bertz CT molecular complexity index is 717. The third kappa shape index (κ3) is 2.42. The summed E-state index contributed by atoms with van der Waals surface area (Å²) >= 11 is 1.23. The third-order valence-electron chi connectivity index (χ3n) is 4.48. The van der Waals surface area contributed by atoms with Crippen LogP contribution in [0, 0.1) is 11.7 Å². The van der Waals surface area contributed by atoms with Crippen molar-refractivity contribution >= 4 is 17.2 Å². The van der Waals surface area contributed by atoms with Gasteiger partial charge in [-0.25, -0.2) is 9.37 Å². The lowest BCUT2D eigenvalue weighted by molar-refractivity contribution is 0.0928. The highest BCUT2D eigenvalue weighted by Gasteiger charge is 2.38. The van der Waals surface area contributed by atoms with Gasteiger partial charge in [0.15, 0.2) is 0 Å². The molecular formula is C16H16FN3OS. The molecule has 3 unspecified atom stereocenters. The number of amides is 1. The number of nitrogens with one attached hydrogen (secondary N) is 1. The minimum atomic E-state index is -0.315. The van der Waals surface area contributed by atoms with E-state index in [2.05, 4.69) is 15.2 Å². The molecule has 1 aromatic carbocycles. The predicted molar refractivity (Wildman–Crippen MR) is 83.3 cm³/mol. The lowest BCUT2D eigenvalue weighted by Gasteiger charge is -2.22. The van der Waals surface area contributed by atoms with Crippen LogP contribution in [-0.4, -0.2) is 41.5 Å². The summed E-state index contributed by atoms with van der Waals surface area (Å²) in [6.45, 7) is 3.18. The fourth-order valence-electron chi connectivity index (χ4n) is 3.33. The number of nitrogens with zero attached hydrogens (tertiary/aromatic N) is 2. The molecule has 2 bridgehead atoms. The van der Waals surface area contributed by atoms with Crippen LogP contribution in [0.4, 0.5) is 4.39 Å². The maximum absolute atomic E-state index is 13.8. The Kier molecular flexibility index (Phi) is 3.43. The number of hydrogen-bond donors (Lipinski definition) is 1. The van der Waals surface area contributed by atoms with Gasteiger partial charge >= 0.3 is 0 Å². The number of rotatable bonds is 3. The Labute approximate surface area is 132 Å². The zero-order valence-corrected chi connectivity index (χ0v) is 12.8. The molecule has 0 aliphatic carbocycles. The van der Waals surface area contributed by atoms with Crippen LogP contribution in [0.5, 0.6) is 0 Å². The molecule has 2 aromatic rings. The lowest BCUT2D eigenvalue weighted by atomic mass is 10.00. The molecule has 1 N–H and O–H groups in total. The molecule has 22 heavy (non-hydrogen) atoms. The first-order valence-corrected chi connectivity index (χ1v) is 8.26. The van der Waals surface area contributed by atoms with Gasteiger partial charge in [0.25, 0.3) is 5.91 Å². The van der Waals surface area contributed by atoms with Crippen molar-refractivity contribution < 1.29 is 9.18 Å². The number of carbonyl (C=O) groups excluding carboxylic acids is 1. The average Bonchev–Trinajstić information content (AvgIpc) is 3.24.